The third kappa shape index (κ3) is 6.02. The van der Waals surface area contributed by atoms with Gasteiger partial charge in [0.15, 0.2) is 0 Å². The number of aldehydes is 1. The summed E-state index contributed by atoms with van der Waals surface area (Å²) in [6.07, 6.45) is 3.78. The van der Waals surface area contributed by atoms with Gasteiger partial charge in [0.25, 0.3) is 5.56 Å². The first kappa shape index (κ1) is 27.5. The van der Waals surface area contributed by atoms with Crippen LogP contribution >= 0.6 is 0 Å². The molecule has 0 saturated carbocycles. The summed E-state index contributed by atoms with van der Waals surface area (Å²) in [5, 5.41) is 8.54. The Morgan fingerprint density at radius 3 is 2.26 bits per heavy atom. The average Bonchev–Trinajstić information content (AvgIpc) is 2.83. The molecular formula is C29H39NO4. The first-order chi connectivity index (χ1) is 16.2. The predicted octanol–water partition coefficient (Wildman–Crippen LogP) is 5.56. The van der Waals surface area contributed by atoms with Crippen molar-refractivity contribution in [2.24, 2.45) is 7.05 Å². The van der Waals surface area contributed by atoms with Crippen molar-refractivity contribution in [3.05, 3.63) is 69.6 Å². The van der Waals surface area contributed by atoms with Gasteiger partial charge in [-0.2, -0.15) is 0 Å². The van der Waals surface area contributed by atoms with Crippen LogP contribution in [-0.4, -0.2) is 35.3 Å². The van der Waals surface area contributed by atoms with E-state index in [0.29, 0.717) is 11.1 Å². The van der Waals surface area contributed by atoms with Gasteiger partial charge >= 0.3 is 0 Å². The molecule has 0 aliphatic heterocycles. The van der Waals surface area contributed by atoms with Crippen molar-refractivity contribution in [3.63, 3.8) is 0 Å². The van der Waals surface area contributed by atoms with E-state index in [2.05, 4.69) is 38.1 Å². The van der Waals surface area contributed by atoms with Gasteiger partial charge in [-0.25, -0.2) is 0 Å². The molecule has 1 heterocycles. The van der Waals surface area contributed by atoms with Gasteiger partial charge in [-0.15, -0.1) is 0 Å². The second-order valence-corrected chi connectivity index (χ2v) is 9.29. The van der Waals surface area contributed by atoms with E-state index in [4.69, 9.17) is 9.84 Å². The molecule has 0 amide bonds. The summed E-state index contributed by atoms with van der Waals surface area (Å²) >= 11 is 0. The molecule has 1 atom stereocenters. The van der Waals surface area contributed by atoms with Gasteiger partial charge in [0, 0.05) is 30.8 Å². The van der Waals surface area contributed by atoms with E-state index in [1.165, 1.54) is 5.56 Å². The van der Waals surface area contributed by atoms with Gasteiger partial charge < -0.3 is 19.2 Å². The number of pyridine rings is 1. The van der Waals surface area contributed by atoms with E-state index < -0.39 is 5.92 Å². The van der Waals surface area contributed by atoms with Crippen LogP contribution in [0.4, 0.5) is 0 Å². The van der Waals surface area contributed by atoms with E-state index in [1.807, 2.05) is 39.0 Å². The Morgan fingerprint density at radius 2 is 1.71 bits per heavy atom. The Kier molecular flexibility index (Phi) is 9.77. The van der Waals surface area contributed by atoms with Gasteiger partial charge in [-0.1, -0.05) is 62.2 Å². The number of carbonyl (C=O) groups excluding carboxylic acids is 1. The normalized spacial score (nSPS) is 12.2. The highest BCUT2D eigenvalue weighted by atomic mass is 16.5. The summed E-state index contributed by atoms with van der Waals surface area (Å²) in [6, 6.07) is 14.3. The van der Waals surface area contributed by atoms with Crippen LogP contribution in [0.15, 0.2) is 47.3 Å². The highest BCUT2D eigenvalue weighted by Gasteiger charge is 2.26. The van der Waals surface area contributed by atoms with Crippen LogP contribution in [0.2, 0.25) is 0 Å². The Balaban J connectivity index is 0.00000199. The average molecular weight is 466 g/mol. The summed E-state index contributed by atoms with van der Waals surface area (Å²) in [5.41, 5.74) is 4.54. The molecule has 0 spiro atoms. The maximum Gasteiger partial charge on any atom is 0.258 e. The highest BCUT2D eigenvalue weighted by molar-refractivity contribution is 5.98. The third-order valence-electron chi connectivity index (χ3n) is 6.27. The van der Waals surface area contributed by atoms with E-state index in [9.17, 15) is 9.59 Å². The molecule has 2 aromatic carbocycles. The Labute approximate surface area is 203 Å². The van der Waals surface area contributed by atoms with Crippen LogP contribution in [0.3, 0.4) is 0 Å². The minimum atomic E-state index is -0.547. The van der Waals surface area contributed by atoms with Crippen molar-refractivity contribution < 1.29 is 14.6 Å². The largest absolute Gasteiger partial charge is 0.400 e. The molecule has 3 rings (SSSR count). The first-order valence-corrected chi connectivity index (χ1v) is 12.0. The van der Waals surface area contributed by atoms with Gasteiger partial charge in [-0.3, -0.25) is 4.79 Å². The summed E-state index contributed by atoms with van der Waals surface area (Å²) in [6.45, 7) is 10.6. The zero-order chi connectivity index (χ0) is 25.5. The van der Waals surface area contributed by atoms with Crippen molar-refractivity contribution in [3.8, 4) is 11.1 Å². The molecule has 0 bridgehead atoms. The number of hydrogen-bond donors (Lipinski definition) is 1. The lowest BCUT2D eigenvalue weighted by Gasteiger charge is -2.28. The number of aryl methyl sites for hydroxylation is 2. The molecule has 0 aliphatic carbocycles. The molecule has 0 aliphatic rings. The molecule has 184 valence electrons. The summed E-state index contributed by atoms with van der Waals surface area (Å²) in [5.74, 6) is -0.547. The van der Waals surface area contributed by atoms with Gasteiger partial charge in [-0.05, 0) is 56.2 Å². The molecule has 5 nitrogen and oxygen atoms in total. The molecule has 0 saturated heterocycles. The minimum absolute atomic E-state index is 0.0939. The molecule has 3 aromatic rings. The van der Waals surface area contributed by atoms with Crippen LogP contribution < -0.4 is 5.56 Å². The van der Waals surface area contributed by atoms with E-state index in [0.717, 1.165) is 54.7 Å². The van der Waals surface area contributed by atoms with E-state index >= 15 is 0 Å². The molecular weight excluding hydrogens is 426 g/mol. The molecule has 34 heavy (non-hydrogen) atoms. The highest BCUT2D eigenvalue weighted by Crippen LogP contribution is 2.35. The van der Waals surface area contributed by atoms with Gasteiger partial charge in [0.1, 0.15) is 6.29 Å². The van der Waals surface area contributed by atoms with Crippen molar-refractivity contribution in [2.75, 3.05) is 13.7 Å². The second kappa shape index (κ2) is 12.1. The number of rotatable bonds is 9. The number of hydrogen-bond acceptors (Lipinski definition) is 4. The van der Waals surface area contributed by atoms with Crippen LogP contribution in [0.5, 0.6) is 0 Å². The number of aromatic nitrogens is 1. The zero-order valence-electron chi connectivity index (χ0n) is 21.6. The zero-order valence-corrected chi connectivity index (χ0v) is 21.6. The molecule has 0 fully saturated rings. The van der Waals surface area contributed by atoms with Crippen LogP contribution in [0.1, 0.15) is 63.3 Å². The summed E-state index contributed by atoms with van der Waals surface area (Å²) in [4.78, 5) is 25.6. The fourth-order valence-corrected chi connectivity index (χ4v) is 4.46. The standard InChI is InChI=1S/C28H35NO3.CH4O/c1-7-15-28(4,5)32-18-22(17-30)26-25(21-12-10-20(8-2)11-13-21)24-16-19(3)9-14-23(24)27(31)29(26)6;1-2/h9-14,16-17,22H,7-8,15,18H2,1-6H3;2H,1H3. The molecule has 0 radical (unpaired) electrons. The van der Waals surface area contributed by atoms with Crippen molar-refractivity contribution in [1.29, 1.82) is 0 Å². The number of nitrogens with zero attached hydrogens (tertiary/aromatic N) is 1. The fourth-order valence-electron chi connectivity index (χ4n) is 4.46. The van der Waals surface area contributed by atoms with Crippen LogP contribution in [0.25, 0.3) is 21.9 Å². The lowest BCUT2D eigenvalue weighted by atomic mass is 9.90. The smallest absolute Gasteiger partial charge is 0.258 e. The maximum absolute atomic E-state index is 13.3. The number of aliphatic hydroxyl groups excluding tert-OH is 1. The minimum Gasteiger partial charge on any atom is -0.400 e. The molecule has 1 aromatic heterocycles. The quantitative estimate of drug-likeness (QED) is 0.420. The Bertz CT molecular complexity index is 1160. The molecule has 1 unspecified atom stereocenters. The summed E-state index contributed by atoms with van der Waals surface area (Å²) < 4.78 is 7.82. The van der Waals surface area contributed by atoms with Gasteiger partial charge in [0.05, 0.1) is 18.1 Å². The monoisotopic (exact) mass is 465 g/mol. The lowest BCUT2D eigenvalue weighted by molar-refractivity contribution is -0.112. The van der Waals surface area contributed by atoms with Crippen LogP contribution in [0, 0.1) is 6.92 Å². The van der Waals surface area contributed by atoms with Crippen molar-refractivity contribution in [2.45, 2.75) is 65.4 Å². The number of fused-ring (bicyclic) bond motifs is 1. The van der Waals surface area contributed by atoms with Crippen molar-refractivity contribution in [1.82, 2.24) is 4.57 Å². The SMILES string of the molecule is CCCC(C)(C)OCC(C=O)c1c(-c2ccc(CC)cc2)c2cc(C)ccc2c(=O)n1C.CO. The number of ether oxygens (including phenoxy) is 1. The predicted molar refractivity (Wildman–Crippen MR) is 141 cm³/mol. The Hall–Kier alpha value is -2.76. The topological polar surface area (TPSA) is 68.5 Å². The Morgan fingerprint density at radius 1 is 1.06 bits per heavy atom. The fraction of sp³-hybridized carbons (Fsp3) is 0.448. The second-order valence-electron chi connectivity index (χ2n) is 9.29. The molecule has 5 heteroatoms. The van der Waals surface area contributed by atoms with E-state index in [1.54, 1.807) is 11.6 Å². The first-order valence-electron chi connectivity index (χ1n) is 12.0. The maximum atomic E-state index is 13.3. The van der Waals surface area contributed by atoms with Crippen molar-refractivity contribution >= 4 is 17.1 Å². The molecule has 1 N–H and O–H groups in total. The van der Waals surface area contributed by atoms with Gasteiger partial charge in [0.2, 0.25) is 0 Å². The third-order valence-corrected chi connectivity index (χ3v) is 6.27. The number of benzene rings is 2. The summed E-state index contributed by atoms with van der Waals surface area (Å²) in [7, 11) is 2.76. The van der Waals surface area contributed by atoms with E-state index in [-0.39, 0.29) is 17.8 Å². The lowest BCUT2D eigenvalue weighted by Crippen LogP contribution is -2.30. The van der Waals surface area contributed by atoms with Crippen LogP contribution in [-0.2, 0) is 23.0 Å². The number of aliphatic hydroxyl groups is 1. The number of carbonyl (C=O) groups is 1.